The zero-order valence-corrected chi connectivity index (χ0v) is 15.3. The van der Waals surface area contributed by atoms with Crippen molar-refractivity contribution in [2.75, 3.05) is 0 Å². The summed E-state index contributed by atoms with van der Waals surface area (Å²) in [6.45, 7) is 4.18. The molecule has 0 aromatic heterocycles. The van der Waals surface area contributed by atoms with Crippen LogP contribution in [0.25, 0.3) is 5.70 Å². The molecule has 1 amide bonds. The lowest BCUT2D eigenvalue weighted by Crippen LogP contribution is -2.23. The van der Waals surface area contributed by atoms with E-state index >= 15 is 0 Å². The molecule has 0 fully saturated rings. The van der Waals surface area contributed by atoms with Crippen LogP contribution in [-0.2, 0) is 16.1 Å². The molecular weight excluding hydrogens is 326 g/mol. The lowest BCUT2D eigenvalue weighted by Gasteiger charge is -2.12. The van der Waals surface area contributed by atoms with Gasteiger partial charge < -0.3 is 4.74 Å². The van der Waals surface area contributed by atoms with Crippen molar-refractivity contribution >= 4 is 17.6 Å². The SMILES string of the molecule is CCCCC(=O)/C=C(\NC(=O)OCc1ccccc1)c1cccc(C)c1. The van der Waals surface area contributed by atoms with Crippen LogP contribution in [0, 0.1) is 6.92 Å². The molecule has 26 heavy (non-hydrogen) atoms. The summed E-state index contributed by atoms with van der Waals surface area (Å²) < 4.78 is 5.27. The number of allylic oxidation sites excluding steroid dienone is 1. The van der Waals surface area contributed by atoms with Crippen molar-refractivity contribution < 1.29 is 14.3 Å². The van der Waals surface area contributed by atoms with Crippen LogP contribution in [0.1, 0.15) is 42.9 Å². The zero-order valence-electron chi connectivity index (χ0n) is 15.3. The topological polar surface area (TPSA) is 55.4 Å². The number of ketones is 1. The van der Waals surface area contributed by atoms with Gasteiger partial charge >= 0.3 is 6.09 Å². The van der Waals surface area contributed by atoms with Crippen LogP contribution in [-0.4, -0.2) is 11.9 Å². The monoisotopic (exact) mass is 351 g/mol. The molecule has 2 rings (SSSR count). The first-order chi connectivity index (χ1) is 12.6. The number of nitrogens with one attached hydrogen (secondary N) is 1. The van der Waals surface area contributed by atoms with Gasteiger partial charge in [0.15, 0.2) is 5.78 Å². The van der Waals surface area contributed by atoms with Gasteiger partial charge in [0, 0.05) is 12.5 Å². The van der Waals surface area contributed by atoms with Crippen LogP contribution < -0.4 is 5.32 Å². The van der Waals surface area contributed by atoms with Gasteiger partial charge in [-0.3, -0.25) is 10.1 Å². The quantitative estimate of drug-likeness (QED) is 0.679. The minimum atomic E-state index is -0.579. The molecule has 136 valence electrons. The molecule has 0 bridgehead atoms. The fourth-order valence-corrected chi connectivity index (χ4v) is 2.46. The number of aryl methyl sites for hydroxylation is 1. The molecule has 0 atom stereocenters. The van der Waals surface area contributed by atoms with Crippen LogP contribution in [0.15, 0.2) is 60.7 Å². The molecule has 0 unspecified atom stereocenters. The molecule has 0 aliphatic heterocycles. The third-order valence-electron chi connectivity index (χ3n) is 3.86. The molecule has 4 heteroatoms. The van der Waals surface area contributed by atoms with E-state index in [2.05, 4.69) is 5.32 Å². The van der Waals surface area contributed by atoms with E-state index in [0.29, 0.717) is 12.1 Å². The molecule has 1 N–H and O–H groups in total. The van der Waals surface area contributed by atoms with Crippen LogP contribution in [0.2, 0.25) is 0 Å². The molecule has 2 aromatic rings. The van der Waals surface area contributed by atoms with Crippen molar-refractivity contribution in [3.63, 3.8) is 0 Å². The second-order valence-corrected chi connectivity index (χ2v) is 6.18. The van der Waals surface area contributed by atoms with Gasteiger partial charge in [-0.2, -0.15) is 0 Å². The predicted octanol–water partition coefficient (Wildman–Crippen LogP) is 5.02. The van der Waals surface area contributed by atoms with Crippen molar-refractivity contribution in [1.82, 2.24) is 5.32 Å². The summed E-state index contributed by atoms with van der Waals surface area (Å²) >= 11 is 0. The molecule has 0 radical (unpaired) electrons. The number of hydrogen-bond donors (Lipinski definition) is 1. The number of amides is 1. The van der Waals surface area contributed by atoms with Crippen molar-refractivity contribution in [3.05, 3.63) is 77.4 Å². The Bertz CT molecular complexity index is 766. The molecule has 0 aliphatic rings. The highest BCUT2D eigenvalue weighted by molar-refractivity contribution is 5.98. The van der Waals surface area contributed by atoms with Gasteiger partial charge in [0.25, 0.3) is 0 Å². The van der Waals surface area contributed by atoms with Crippen molar-refractivity contribution in [2.24, 2.45) is 0 Å². The summed E-state index contributed by atoms with van der Waals surface area (Å²) in [5.74, 6) is -0.00767. The maximum Gasteiger partial charge on any atom is 0.411 e. The number of carbonyl (C=O) groups is 2. The fraction of sp³-hybridized carbons (Fsp3) is 0.273. The minimum Gasteiger partial charge on any atom is -0.444 e. The van der Waals surface area contributed by atoms with Crippen molar-refractivity contribution in [3.8, 4) is 0 Å². The summed E-state index contributed by atoms with van der Waals surface area (Å²) in [6, 6.07) is 17.1. The molecule has 4 nitrogen and oxygen atoms in total. The average molecular weight is 351 g/mol. The van der Waals surface area contributed by atoms with Gasteiger partial charge in [-0.15, -0.1) is 0 Å². The maximum atomic E-state index is 12.2. The molecule has 0 heterocycles. The maximum absolute atomic E-state index is 12.2. The Hall–Kier alpha value is -2.88. The van der Waals surface area contributed by atoms with Gasteiger partial charge in [-0.05, 0) is 30.5 Å². The number of unbranched alkanes of at least 4 members (excludes halogenated alkanes) is 1. The zero-order chi connectivity index (χ0) is 18.8. The second kappa shape index (κ2) is 10.2. The number of rotatable bonds is 8. The Balaban J connectivity index is 2.09. The van der Waals surface area contributed by atoms with E-state index in [1.165, 1.54) is 6.08 Å². The third kappa shape index (κ3) is 6.55. The third-order valence-corrected chi connectivity index (χ3v) is 3.86. The Morgan fingerprint density at radius 1 is 1.08 bits per heavy atom. The highest BCUT2D eigenvalue weighted by Gasteiger charge is 2.11. The van der Waals surface area contributed by atoms with Gasteiger partial charge in [0.05, 0.1) is 5.70 Å². The van der Waals surface area contributed by atoms with Crippen molar-refractivity contribution in [2.45, 2.75) is 39.7 Å². The number of alkyl carbamates (subject to hydrolysis) is 1. The Kier molecular flexibility index (Phi) is 7.62. The minimum absolute atomic E-state index is 0.00767. The van der Waals surface area contributed by atoms with Gasteiger partial charge in [0.2, 0.25) is 0 Å². The number of carbonyl (C=O) groups excluding carboxylic acids is 2. The van der Waals surface area contributed by atoms with E-state index in [-0.39, 0.29) is 12.4 Å². The Morgan fingerprint density at radius 2 is 1.85 bits per heavy atom. The molecule has 0 saturated carbocycles. The summed E-state index contributed by atoms with van der Waals surface area (Å²) in [6.07, 6.45) is 3.16. The van der Waals surface area contributed by atoms with E-state index in [9.17, 15) is 9.59 Å². The fourth-order valence-electron chi connectivity index (χ4n) is 2.46. The van der Waals surface area contributed by atoms with Crippen LogP contribution in [0.5, 0.6) is 0 Å². The number of ether oxygens (including phenoxy) is 1. The molecule has 0 spiro atoms. The lowest BCUT2D eigenvalue weighted by atomic mass is 10.1. The Morgan fingerprint density at radius 3 is 2.54 bits per heavy atom. The molecule has 0 aliphatic carbocycles. The first-order valence-electron chi connectivity index (χ1n) is 8.87. The summed E-state index contributed by atoms with van der Waals surface area (Å²) in [7, 11) is 0. The van der Waals surface area contributed by atoms with E-state index in [4.69, 9.17) is 4.74 Å². The van der Waals surface area contributed by atoms with Gasteiger partial charge in [-0.1, -0.05) is 67.4 Å². The average Bonchev–Trinajstić information content (AvgIpc) is 2.65. The highest BCUT2D eigenvalue weighted by Crippen LogP contribution is 2.15. The molecule has 2 aromatic carbocycles. The molecule has 0 saturated heterocycles. The first-order valence-corrected chi connectivity index (χ1v) is 8.87. The summed E-state index contributed by atoms with van der Waals surface area (Å²) in [5.41, 5.74) is 3.20. The van der Waals surface area contributed by atoms with Crippen molar-refractivity contribution in [1.29, 1.82) is 0 Å². The smallest absolute Gasteiger partial charge is 0.411 e. The van der Waals surface area contributed by atoms with Gasteiger partial charge in [0.1, 0.15) is 6.61 Å². The number of hydrogen-bond acceptors (Lipinski definition) is 3. The van der Waals surface area contributed by atoms with Crippen LogP contribution in [0.3, 0.4) is 0 Å². The largest absolute Gasteiger partial charge is 0.444 e. The Labute approximate surface area is 154 Å². The van der Waals surface area contributed by atoms with Gasteiger partial charge in [-0.25, -0.2) is 4.79 Å². The van der Waals surface area contributed by atoms with Crippen LogP contribution in [0.4, 0.5) is 4.79 Å². The van der Waals surface area contributed by atoms with E-state index in [1.807, 2.05) is 68.4 Å². The van der Waals surface area contributed by atoms with E-state index in [0.717, 1.165) is 29.5 Å². The second-order valence-electron chi connectivity index (χ2n) is 6.18. The number of benzene rings is 2. The normalized spacial score (nSPS) is 11.1. The first kappa shape index (κ1) is 19.4. The van der Waals surface area contributed by atoms with E-state index in [1.54, 1.807) is 0 Å². The predicted molar refractivity (Wildman–Crippen MR) is 103 cm³/mol. The highest BCUT2D eigenvalue weighted by atomic mass is 16.5. The summed E-state index contributed by atoms with van der Waals surface area (Å²) in [4.78, 5) is 24.4. The lowest BCUT2D eigenvalue weighted by molar-refractivity contribution is -0.114. The molecular formula is C22H25NO3. The standard InChI is InChI=1S/C22H25NO3/c1-3-4-13-20(24)15-21(19-12-8-9-17(2)14-19)23-22(25)26-16-18-10-6-5-7-11-18/h5-12,14-15H,3-4,13,16H2,1-2H3,(H,23,25)/b21-15-. The van der Waals surface area contributed by atoms with E-state index < -0.39 is 6.09 Å². The van der Waals surface area contributed by atoms with Crippen LogP contribution >= 0.6 is 0 Å². The summed E-state index contributed by atoms with van der Waals surface area (Å²) in [5, 5.41) is 2.72.